The van der Waals surface area contributed by atoms with Gasteiger partial charge in [-0.15, -0.1) is 0 Å². The topological polar surface area (TPSA) is 36.4 Å². The molecule has 0 N–H and O–H groups in total. The summed E-state index contributed by atoms with van der Waals surface area (Å²) in [5.41, 5.74) is 0.543. The van der Waals surface area contributed by atoms with Gasteiger partial charge < -0.3 is 9.80 Å². The van der Waals surface area contributed by atoms with E-state index in [1.807, 2.05) is 4.90 Å². The van der Waals surface area contributed by atoms with Gasteiger partial charge in [-0.3, -0.25) is 9.78 Å². The van der Waals surface area contributed by atoms with Crippen molar-refractivity contribution in [3.63, 3.8) is 0 Å². The van der Waals surface area contributed by atoms with Crippen LogP contribution in [-0.4, -0.2) is 52.9 Å². The SMILES string of the molecule is CC(C)N(CCN1CCCCCC1)C(=O)c1ccncc1Cl. The molecule has 0 spiro atoms. The predicted molar refractivity (Wildman–Crippen MR) is 90.3 cm³/mol. The van der Waals surface area contributed by atoms with Crippen LogP contribution in [0, 0.1) is 0 Å². The second-order valence-electron chi connectivity index (χ2n) is 6.20. The van der Waals surface area contributed by atoms with E-state index in [-0.39, 0.29) is 11.9 Å². The molecule has 4 nitrogen and oxygen atoms in total. The van der Waals surface area contributed by atoms with E-state index in [1.165, 1.54) is 31.9 Å². The Bertz CT molecular complexity index is 485. The summed E-state index contributed by atoms with van der Waals surface area (Å²) in [4.78, 5) is 21.1. The molecule has 1 saturated heterocycles. The van der Waals surface area contributed by atoms with Crippen molar-refractivity contribution in [2.45, 2.75) is 45.6 Å². The lowest BCUT2D eigenvalue weighted by molar-refractivity contribution is 0.0682. The Labute approximate surface area is 138 Å². The Morgan fingerprint density at radius 3 is 2.59 bits per heavy atom. The van der Waals surface area contributed by atoms with E-state index >= 15 is 0 Å². The molecule has 1 fully saturated rings. The first-order chi connectivity index (χ1) is 10.6. The van der Waals surface area contributed by atoms with Gasteiger partial charge in [0.1, 0.15) is 0 Å². The van der Waals surface area contributed by atoms with Crippen molar-refractivity contribution in [3.8, 4) is 0 Å². The van der Waals surface area contributed by atoms with Crippen LogP contribution in [0.1, 0.15) is 49.9 Å². The molecule has 1 aromatic heterocycles. The minimum absolute atomic E-state index is 0.00257. The second-order valence-corrected chi connectivity index (χ2v) is 6.61. The lowest BCUT2D eigenvalue weighted by Gasteiger charge is -2.30. The van der Waals surface area contributed by atoms with E-state index in [0.29, 0.717) is 10.6 Å². The maximum Gasteiger partial charge on any atom is 0.255 e. The van der Waals surface area contributed by atoms with Crippen LogP contribution in [0.3, 0.4) is 0 Å². The standard InChI is InChI=1S/C17H26ClN3O/c1-14(2)21(12-11-20-9-5-3-4-6-10-20)17(22)15-7-8-19-13-16(15)18/h7-8,13-14H,3-6,9-12H2,1-2H3. The van der Waals surface area contributed by atoms with Gasteiger partial charge in [0.25, 0.3) is 5.91 Å². The van der Waals surface area contributed by atoms with Crippen molar-refractivity contribution < 1.29 is 4.79 Å². The average molecular weight is 324 g/mol. The van der Waals surface area contributed by atoms with Gasteiger partial charge in [-0.2, -0.15) is 0 Å². The van der Waals surface area contributed by atoms with Crippen molar-refractivity contribution in [1.29, 1.82) is 0 Å². The number of nitrogens with zero attached hydrogens (tertiary/aromatic N) is 3. The second kappa shape index (κ2) is 8.49. The van der Waals surface area contributed by atoms with E-state index in [2.05, 4.69) is 23.7 Å². The molecule has 0 aromatic carbocycles. The molecular weight excluding hydrogens is 298 g/mol. The van der Waals surface area contributed by atoms with Crippen LogP contribution in [0.5, 0.6) is 0 Å². The number of halogens is 1. The number of aromatic nitrogens is 1. The molecule has 2 heterocycles. The van der Waals surface area contributed by atoms with E-state index in [4.69, 9.17) is 11.6 Å². The van der Waals surface area contributed by atoms with Crippen LogP contribution >= 0.6 is 11.6 Å². The third-order valence-corrected chi connectivity index (χ3v) is 4.54. The summed E-state index contributed by atoms with van der Waals surface area (Å²) in [6, 6.07) is 1.86. The maximum absolute atomic E-state index is 12.7. The fourth-order valence-corrected chi connectivity index (χ4v) is 3.11. The molecule has 1 aliphatic heterocycles. The van der Waals surface area contributed by atoms with Gasteiger partial charge in [0.2, 0.25) is 0 Å². The number of hydrogen-bond acceptors (Lipinski definition) is 3. The maximum atomic E-state index is 12.7. The van der Waals surface area contributed by atoms with Crippen molar-refractivity contribution in [3.05, 3.63) is 29.0 Å². The van der Waals surface area contributed by atoms with E-state index in [0.717, 1.165) is 26.2 Å². The van der Waals surface area contributed by atoms with E-state index in [9.17, 15) is 4.79 Å². The molecule has 0 atom stereocenters. The Hall–Kier alpha value is -1.13. The summed E-state index contributed by atoms with van der Waals surface area (Å²) < 4.78 is 0. The molecule has 122 valence electrons. The summed E-state index contributed by atoms with van der Waals surface area (Å²) in [5.74, 6) is -0.00257. The third kappa shape index (κ3) is 4.68. The number of rotatable bonds is 5. The largest absolute Gasteiger partial charge is 0.335 e. The lowest BCUT2D eigenvalue weighted by atomic mass is 10.2. The third-order valence-electron chi connectivity index (χ3n) is 4.24. The Morgan fingerprint density at radius 2 is 2.00 bits per heavy atom. The first-order valence-electron chi connectivity index (χ1n) is 8.22. The highest BCUT2D eigenvalue weighted by Gasteiger charge is 2.21. The first-order valence-corrected chi connectivity index (χ1v) is 8.60. The van der Waals surface area contributed by atoms with Crippen LogP contribution < -0.4 is 0 Å². The quantitative estimate of drug-likeness (QED) is 0.832. The normalized spacial score (nSPS) is 16.5. The number of amides is 1. The molecule has 1 aliphatic rings. The van der Waals surface area contributed by atoms with Crippen molar-refractivity contribution in [2.24, 2.45) is 0 Å². The summed E-state index contributed by atoms with van der Waals surface area (Å²) in [7, 11) is 0. The van der Waals surface area contributed by atoms with Gasteiger partial charge in [-0.1, -0.05) is 24.4 Å². The van der Waals surface area contributed by atoms with Gasteiger partial charge >= 0.3 is 0 Å². The predicted octanol–water partition coefficient (Wildman–Crippen LogP) is 3.46. The summed E-state index contributed by atoms with van der Waals surface area (Å²) >= 11 is 6.12. The fraction of sp³-hybridized carbons (Fsp3) is 0.647. The van der Waals surface area contributed by atoms with Crippen LogP contribution in [0.15, 0.2) is 18.5 Å². The zero-order valence-corrected chi connectivity index (χ0v) is 14.4. The molecule has 0 unspecified atom stereocenters. The lowest BCUT2D eigenvalue weighted by Crippen LogP contribution is -2.42. The van der Waals surface area contributed by atoms with Gasteiger partial charge in [-0.05, 0) is 45.8 Å². The molecule has 0 saturated carbocycles. The Kier molecular flexibility index (Phi) is 6.65. The minimum atomic E-state index is -0.00257. The van der Waals surface area contributed by atoms with Crippen molar-refractivity contribution >= 4 is 17.5 Å². The molecule has 5 heteroatoms. The molecule has 0 bridgehead atoms. The summed E-state index contributed by atoms with van der Waals surface area (Å²) in [6.07, 6.45) is 8.35. The fourth-order valence-electron chi connectivity index (χ4n) is 2.91. The highest BCUT2D eigenvalue weighted by molar-refractivity contribution is 6.33. The smallest absolute Gasteiger partial charge is 0.255 e. The number of carbonyl (C=O) groups excluding carboxylic acids is 1. The van der Waals surface area contributed by atoms with Gasteiger partial charge in [0.05, 0.1) is 10.6 Å². The average Bonchev–Trinajstić information content (AvgIpc) is 2.76. The molecule has 1 aromatic rings. The molecule has 22 heavy (non-hydrogen) atoms. The molecule has 2 rings (SSSR count). The van der Waals surface area contributed by atoms with Crippen LogP contribution in [0.2, 0.25) is 5.02 Å². The number of pyridine rings is 1. The highest BCUT2D eigenvalue weighted by atomic mass is 35.5. The summed E-state index contributed by atoms with van der Waals surface area (Å²) in [5, 5.41) is 0.424. The number of hydrogen-bond donors (Lipinski definition) is 0. The van der Waals surface area contributed by atoms with Crippen molar-refractivity contribution in [2.75, 3.05) is 26.2 Å². The molecule has 0 aliphatic carbocycles. The highest BCUT2D eigenvalue weighted by Crippen LogP contribution is 2.17. The molecule has 0 radical (unpaired) electrons. The van der Waals surface area contributed by atoms with Crippen LogP contribution in [-0.2, 0) is 0 Å². The summed E-state index contributed by atoms with van der Waals surface area (Å²) in [6.45, 7) is 8.08. The number of likely N-dealkylation sites (tertiary alicyclic amines) is 1. The number of carbonyl (C=O) groups is 1. The monoisotopic (exact) mass is 323 g/mol. The van der Waals surface area contributed by atoms with Gasteiger partial charge in [-0.25, -0.2) is 0 Å². The van der Waals surface area contributed by atoms with Gasteiger partial charge in [0, 0.05) is 31.5 Å². The molecular formula is C17H26ClN3O. The van der Waals surface area contributed by atoms with Gasteiger partial charge in [0.15, 0.2) is 0 Å². The van der Waals surface area contributed by atoms with E-state index < -0.39 is 0 Å². The minimum Gasteiger partial charge on any atom is -0.335 e. The first kappa shape index (κ1) is 17.2. The Morgan fingerprint density at radius 1 is 1.32 bits per heavy atom. The van der Waals surface area contributed by atoms with Crippen LogP contribution in [0.4, 0.5) is 0 Å². The zero-order chi connectivity index (χ0) is 15.9. The van der Waals surface area contributed by atoms with E-state index in [1.54, 1.807) is 12.3 Å². The van der Waals surface area contributed by atoms with Crippen LogP contribution in [0.25, 0.3) is 0 Å². The Balaban J connectivity index is 2.00. The van der Waals surface area contributed by atoms with Crippen molar-refractivity contribution in [1.82, 2.24) is 14.8 Å². The zero-order valence-electron chi connectivity index (χ0n) is 13.6. The molecule has 1 amide bonds.